The quantitative estimate of drug-likeness (QED) is 0.901. The molecule has 1 aromatic carbocycles. The fraction of sp³-hybridized carbons (Fsp3) is 0.375. The Balaban J connectivity index is 1.93. The van der Waals surface area contributed by atoms with E-state index in [1.807, 2.05) is 37.4 Å². The van der Waals surface area contributed by atoms with Crippen LogP contribution in [0.4, 0.5) is 5.69 Å². The number of nitrogens with one attached hydrogen (secondary N) is 2. The number of para-hydroxylation sites is 1. The molecular formula is C16H19N3O. The van der Waals surface area contributed by atoms with Gasteiger partial charge in [-0.3, -0.25) is 4.79 Å². The van der Waals surface area contributed by atoms with Gasteiger partial charge in [-0.05, 0) is 24.0 Å². The number of fused-ring (bicyclic) bond motifs is 1. The van der Waals surface area contributed by atoms with Crippen LogP contribution in [-0.4, -0.2) is 24.0 Å². The third-order valence-corrected chi connectivity index (χ3v) is 4.04. The first-order valence-electron chi connectivity index (χ1n) is 6.90. The van der Waals surface area contributed by atoms with E-state index in [2.05, 4.69) is 29.5 Å². The Bertz CT molecular complexity index is 678. The molecule has 1 aromatic heterocycles. The van der Waals surface area contributed by atoms with E-state index in [4.69, 9.17) is 0 Å². The molecule has 1 amide bonds. The fourth-order valence-corrected chi connectivity index (χ4v) is 2.44. The lowest BCUT2D eigenvalue weighted by Crippen LogP contribution is -2.29. The molecule has 2 aromatic rings. The largest absolute Gasteiger partial charge is 0.388 e. The maximum atomic E-state index is 12.3. The Kier molecular flexibility index (Phi) is 2.89. The highest BCUT2D eigenvalue weighted by Crippen LogP contribution is 2.44. The molecule has 1 saturated carbocycles. The van der Waals surface area contributed by atoms with Gasteiger partial charge in [-0.15, -0.1) is 0 Å². The maximum Gasteiger partial charge on any atom is 0.270 e. The molecule has 0 saturated heterocycles. The van der Waals surface area contributed by atoms with Gasteiger partial charge in [0.15, 0.2) is 0 Å². The molecule has 3 rings (SSSR count). The normalized spacial score (nSPS) is 19.6. The Hall–Kier alpha value is -2.10. The number of pyridine rings is 1. The van der Waals surface area contributed by atoms with Crippen LogP contribution in [0, 0.1) is 5.41 Å². The first-order valence-corrected chi connectivity index (χ1v) is 6.90. The van der Waals surface area contributed by atoms with Crippen molar-refractivity contribution in [2.45, 2.75) is 26.3 Å². The van der Waals surface area contributed by atoms with Crippen molar-refractivity contribution in [2.24, 2.45) is 5.41 Å². The molecule has 104 valence electrons. The van der Waals surface area contributed by atoms with E-state index in [0.717, 1.165) is 23.0 Å². The average molecular weight is 269 g/mol. The summed E-state index contributed by atoms with van der Waals surface area (Å²) in [6, 6.07) is 9.90. The molecule has 20 heavy (non-hydrogen) atoms. The standard InChI is InChI=1S/C16H19N3O/c1-16(2)9-14(16)19-15(20)13-8-12(17-3)10-6-4-5-7-11(10)18-13/h4-8,14H,9H2,1-3H3,(H,17,18)(H,19,20). The van der Waals surface area contributed by atoms with Crippen molar-refractivity contribution in [1.29, 1.82) is 0 Å². The molecule has 0 radical (unpaired) electrons. The molecule has 0 aliphatic heterocycles. The second-order valence-electron chi connectivity index (χ2n) is 6.04. The summed E-state index contributed by atoms with van der Waals surface area (Å²) in [5, 5.41) is 7.20. The van der Waals surface area contributed by atoms with Crippen LogP contribution in [0.5, 0.6) is 0 Å². The van der Waals surface area contributed by atoms with Crippen LogP contribution >= 0.6 is 0 Å². The van der Waals surface area contributed by atoms with Crippen molar-refractivity contribution >= 4 is 22.5 Å². The first kappa shape index (κ1) is 12.9. The van der Waals surface area contributed by atoms with Gasteiger partial charge in [-0.2, -0.15) is 0 Å². The van der Waals surface area contributed by atoms with Crippen LogP contribution in [0.2, 0.25) is 0 Å². The van der Waals surface area contributed by atoms with Crippen molar-refractivity contribution in [3.05, 3.63) is 36.0 Å². The average Bonchev–Trinajstić information content (AvgIpc) is 3.04. The number of nitrogens with zero attached hydrogens (tertiary/aromatic N) is 1. The van der Waals surface area contributed by atoms with Crippen LogP contribution in [0.1, 0.15) is 30.8 Å². The lowest BCUT2D eigenvalue weighted by atomic mass is 10.1. The molecule has 1 aliphatic carbocycles. The molecule has 1 unspecified atom stereocenters. The highest BCUT2D eigenvalue weighted by atomic mass is 16.2. The van der Waals surface area contributed by atoms with Gasteiger partial charge in [-0.1, -0.05) is 32.0 Å². The second-order valence-corrected chi connectivity index (χ2v) is 6.04. The number of amides is 1. The van der Waals surface area contributed by atoms with Crippen LogP contribution in [0.25, 0.3) is 10.9 Å². The van der Waals surface area contributed by atoms with Gasteiger partial charge >= 0.3 is 0 Å². The number of aromatic nitrogens is 1. The summed E-state index contributed by atoms with van der Waals surface area (Å²) in [4.78, 5) is 16.8. The van der Waals surface area contributed by atoms with E-state index in [1.54, 1.807) is 0 Å². The van der Waals surface area contributed by atoms with Crippen molar-refractivity contribution < 1.29 is 4.79 Å². The number of benzene rings is 1. The Morgan fingerprint density at radius 1 is 1.35 bits per heavy atom. The zero-order chi connectivity index (χ0) is 14.3. The minimum Gasteiger partial charge on any atom is -0.388 e. The summed E-state index contributed by atoms with van der Waals surface area (Å²) in [5.41, 5.74) is 2.45. The minimum absolute atomic E-state index is 0.0946. The predicted octanol–water partition coefficient (Wildman–Crippen LogP) is 2.80. The van der Waals surface area contributed by atoms with Gasteiger partial charge in [0.2, 0.25) is 0 Å². The van der Waals surface area contributed by atoms with Gasteiger partial charge in [0.25, 0.3) is 5.91 Å². The van der Waals surface area contributed by atoms with Crippen molar-refractivity contribution in [2.75, 3.05) is 12.4 Å². The Labute approximate surface area is 118 Å². The molecule has 4 heteroatoms. The van der Waals surface area contributed by atoms with Crippen LogP contribution < -0.4 is 10.6 Å². The SMILES string of the molecule is CNc1cc(C(=O)NC2CC2(C)C)nc2ccccc12. The third-order valence-electron chi connectivity index (χ3n) is 4.04. The van der Waals surface area contributed by atoms with E-state index < -0.39 is 0 Å². The number of hydrogen-bond acceptors (Lipinski definition) is 3. The van der Waals surface area contributed by atoms with Gasteiger partial charge in [-0.25, -0.2) is 4.98 Å². The summed E-state index contributed by atoms with van der Waals surface area (Å²) in [5.74, 6) is -0.0946. The highest BCUT2D eigenvalue weighted by Gasteiger charge is 2.46. The predicted molar refractivity (Wildman–Crippen MR) is 80.9 cm³/mol. The van der Waals surface area contributed by atoms with E-state index >= 15 is 0 Å². The number of anilines is 1. The highest BCUT2D eigenvalue weighted by molar-refractivity contribution is 5.99. The lowest BCUT2D eigenvalue weighted by molar-refractivity contribution is 0.0941. The van der Waals surface area contributed by atoms with E-state index in [0.29, 0.717) is 5.69 Å². The van der Waals surface area contributed by atoms with E-state index in [1.165, 1.54) is 0 Å². The number of carbonyl (C=O) groups is 1. The monoisotopic (exact) mass is 269 g/mol. The summed E-state index contributed by atoms with van der Waals surface area (Å²) in [7, 11) is 1.85. The molecule has 0 spiro atoms. The third kappa shape index (κ3) is 2.22. The lowest BCUT2D eigenvalue weighted by Gasteiger charge is -2.10. The smallest absolute Gasteiger partial charge is 0.270 e. The second kappa shape index (κ2) is 4.47. The molecule has 1 fully saturated rings. The Morgan fingerprint density at radius 3 is 2.70 bits per heavy atom. The fourth-order valence-electron chi connectivity index (χ4n) is 2.44. The van der Waals surface area contributed by atoms with Crippen molar-refractivity contribution in [3.8, 4) is 0 Å². The van der Waals surface area contributed by atoms with Crippen LogP contribution in [0.15, 0.2) is 30.3 Å². The summed E-state index contributed by atoms with van der Waals surface area (Å²) < 4.78 is 0. The topological polar surface area (TPSA) is 54.0 Å². The summed E-state index contributed by atoms with van der Waals surface area (Å²) in [6.45, 7) is 4.32. The zero-order valence-corrected chi connectivity index (χ0v) is 12.0. The molecule has 1 aliphatic rings. The minimum atomic E-state index is -0.0946. The summed E-state index contributed by atoms with van der Waals surface area (Å²) >= 11 is 0. The zero-order valence-electron chi connectivity index (χ0n) is 12.0. The van der Waals surface area contributed by atoms with E-state index in [9.17, 15) is 4.79 Å². The Morgan fingerprint density at radius 2 is 2.05 bits per heavy atom. The van der Waals surface area contributed by atoms with Gasteiger partial charge < -0.3 is 10.6 Å². The molecule has 0 bridgehead atoms. The van der Waals surface area contributed by atoms with Crippen LogP contribution in [-0.2, 0) is 0 Å². The molecule has 2 N–H and O–H groups in total. The maximum absolute atomic E-state index is 12.3. The first-order chi connectivity index (χ1) is 9.51. The molecule has 1 heterocycles. The summed E-state index contributed by atoms with van der Waals surface area (Å²) in [6.07, 6.45) is 1.03. The number of hydrogen-bond donors (Lipinski definition) is 2. The number of rotatable bonds is 3. The van der Waals surface area contributed by atoms with E-state index in [-0.39, 0.29) is 17.4 Å². The van der Waals surface area contributed by atoms with Crippen molar-refractivity contribution in [3.63, 3.8) is 0 Å². The van der Waals surface area contributed by atoms with Gasteiger partial charge in [0, 0.05) is 24.2 Å². The van der Waals surface area contributed by atoms with Gasteiger partial charge in [0.1, 0.15) is 5.69 Å². The van der Waals surface area contributed by atoms with Gasteiger partial charge in [0.05, 0.1) is 5.52 Å². The number of carbonyl (C=O) groups excluding carboxylic acids is 1. The van der Waals surface area contributed by atoms with Crippen molar-refractivity contribution in [1.82, 2.24) is 10.3 Å². The molecule has 4 nitrogen and oxygen atoms in total. The molecule has 1 atom stereocenters. The van der Waals surface area contributed by atoms with Crippen LogP contribution in [0.3, 0.4) is 0 Å². The molecular weight excluding hydrogens is 250 g/mol.